The molecule has 3 fully saturated rings. The molecule has 2 unspecified atom stereocenters. The van der Waals surface area contributed by atoms with Crippen molar-refractivity contribution in [2.24, 2.45) is 11.8 Å². The number of ether oxygens (including phenoxy) is 3. The van der Waals surface area contributed by atoms with Gasteiger partial charge >= 0.3 is 0 Å². The van der Waals surface area contributed by atoms with E-state index in [1.807, 2.05) is 60.8 Å². The maximum Gasteiger partial charge on any atom is 0.198 e. The van der Waals surface area contributed by atoms with E-state index in [0.29, 0.717) is 34.5 Å². The molecular formula is C41H38N2O5. The molecule has 7 nitrogen and oxygen atoms in total. The lowest BCUT2D eigenvalue weighted by Gasteiger charge is -2.52. The maximum absolute atomic E-state index is 14.4. The summed E-state index contributed by atoms with van der Waals surface area (Å²) in [5, 5.41) is 0.945. The SMILES string of the molecule is CC[C@H]1CN2CCC1C[C@@H]2[C@@H](Oc1ccc(OCc2ccccc2)c2c1C(=O)c1ccccc1C2=O)c1ccnc2ccc(OC)cc12. The molecule has 4 heterocycles. The number of benzene rings is 4. The molecule has 3 saturated heterocycles. The highest BCUT2D eigenvalue weighted by Crippen LogP contribution is 2.46. The average molecular weight is 639 g/mol. The highest BCUT2D eigenvalue weighted by atomic mass is 16.5. The molecule has 0 saturated carbocycles. The van der Waals surface area contributed by atoms with Crippen molar-refractivity contribution < 1.29 is 23.8 Å². The average Bonchev–Trinajstić information content (AvgIpc) is 3.15. The number of methoxy groups -OCH3 is 1. The highest BCUT2D eigenvalue weighted by Gasteiger charge is 2.45. The standard InChI is InChI=1S/C41H38N2O5/c1-3-26-23-43-20-18-27(26)21-34(43)41(31-17-19-42-33-14-13-28(46-2)22-32(31)33)48-36-16-15-35(47-24-25-9-5-4-6-10-25)37-38(36)40(45)30-12-8-7-11-29(30)39(37)44/h4-17,19,22,26-27,34,41H,3,18,20-21,23-24H2,1-2H3/t26-,27?,34+,41-/m0/s1. The van der Waals surface area contributed by atoms with Crippen LogP contribution in [-0.2, 0) is 6.61 Å². The number of carbonyl (C=O) groups is 2. The number of pyridine rings is 1. The number of fused-ring (bicyclic) bond motifs is 6. The fourth-order valence-electron chi connectivity index (χ4n) is 8.08. The van der Waals surface area contributed by atoms with Crippen LogP contribution in [0.1, 0.15) is 75.3 Å². The Bertz CT molecular complexity index is 2030. The molecule has 3 aliphatic heterocycles. The van der Waals surface area contributed by atoms with Crippen molar-refractivity contribution in [2.75, 3.05) is 20.2 Å². The summed E-state index contributed by atoms with van der Waals surface area (Å²) < 4.78 is 19.1. The van der Waals surface area contributed by atoms with Crippen LogP contribution < -0.4 is 14.2 Å². The molecule has 7 heteroatoms. The first-order valence-electron chi connectivity index (χ1n) is 16.9. The number of piperidine rings is 3. The quantitative estimate of drug-likeness (QED) is 0.160. The monoisotopic (exact) mass is 638 g/mol. The number of hydrogen-bond acceptors (Lipinski definition) is 7. The maximum atomic E-state index is 14.4. The Labute approximate surface area is 280 Å². The Balaban J connectivity index is 1.26. The lowest BCUT2D eigenvalue weighted by atomic mass is 9.72. The van der Waals surface area contributed by atoms with Crippen molar-refractivity contribution in [1.82, 2.24) is 9.88 Å². The third-order valence-corrected chi connectivity index (χ3v) is 10.6. The minimum absolute atomic E-state index is 0.0784. The van der Waals surface area contributed by atoms with E-state index in [1.54, 1.807) is 43.5 Å². The largest absolute Gasteiger partial charge is 0.497 e. The van der Waals surface area contributed by atoms with Gasteiger partial charge in [0.2, 0.25) is 0 Å². The molecule has 1 aromatic heterocycles. The first-order chi connectivity index (χ1) is 23.5. The van der Waals surface area contributed by atoms with Gasteiger partial charge in [-0.15, -0.1) is 0 Å². The molecule has 1 aliphatic carbocycles. The van der Waals surface area contributed by atoms with Gasteiger partial charge in [0.25, 0.3) is 0 Å². The number of aromatic nitrogens is 1. The molecular weight excluding hydrogens is 600 g/mol. The highest BCUT2D eigenvalue weighted by molar-refractivity contribution is 6.30. The van der Waals surface area contributed by atoms with Crippen molar-refractivity contribution in [3.05, 3.63) is 131 Å². The second kappa shape index (κ2) is 12.5. The first-order valence-corrected chi connectivity index (χ1v) is 16.9. The predicted molar refractivity (Wildman–Crippen MR) is 184 cm³/mol. The normalized spacial score (nSPS) is 21.8. The summed E-state index contributed by atoms with van der Waals surface area (Å²) in [4.78, 5) is 35.8. The fourth-order valence-corrected chi connectivity index (χ4v) is 8.08. The molecule has 48 heavy (non-hydrogen) atoms. The van der Waals surface area contributed by atoms with Crippen LogP contribution in [0.25, 0.3) is 10.9 Å². The molecule has 9 rings (SSSR count). The third kappa shape index (κ3) is 5.23. The zero-order valence-corrected chi connectivity index (χ0v) is 27.2. The van der Waals surface area contributed by atoms with Crippen LogP contribution >= 0.6 is 0 Å². The molecule has 5 aromatic rings. The Kier molecular flexibility index (Phi) is 7.93. The predicted octanol–water partition coefficient (Wildman–Crippen LogP) is 7.84. The van der Waals surface area contributed by atoms with Gasteiger partial charge in [-0.3, -0.25) is 19.5 Å². The van der Waals surface area contributed by atoms with E-state index in [0.717, 1.165) is 53.7 Å². The van der Waals surface area contributed by atoms with Gasteiger partial charge in [-0.25, -0.2) is 0 Å². The topological polar surface area (TPSA) is 78.0 Å². The molecule has 2 bridgehead atoms. The number of nitrogens with zero attached hydrogens (tertiary/aromatic N) is 2. The van der Waals surface area contributed by atoms with E-state index < -0.39 is 6.10 Å². The molecule has 5 atom stereocenters. The van der Waals surface area contributed by atoms with Crippen molar-refractivity contribution in [3.63, 3.8) is 0 Å². The summed E-state index contributed by atoms with van der Waals surface area (Å²) in [5.41, 5.74) is 4.06. The number of hydrogen-bond donors (Lipinski definition) is 0. The van der Waals surface area contributed by atoms with Gasteiger partial charge in [0, 0.05) is 34.8 Å². The molecule has 0 radical (unpaired) electrons. The number of carbonyl (C=O) groups excluding carboxylic acids is 2. The summed E-state index contributed by atoms with van der Waals surface area (Å²) in [6, 6.07) is 28.4. The van der Waals surface area contributed by atoms with Crippen molar-refractivity contribution >= 4 is 22.5 Å². The van der Waals surface area contributed by atoms with E-state index in [-0.39, 0.29) is 35.3 Å². The minimum atomic E-state index is -0.427. The zero-order valence-electron chi connectivity index (χ0n) is 27.2. The van der Waals surface area contributed by atoms with Gasteiger partial charge in [0.05, 0.1) is 29.8 Å². The summed E-state index contributed by atoms with van der Waals surface area (Å²) in [6.45, 7) is 4.58. The summed E-state index contributed by atoms with van der Waals surface area (Å²) >= 11 is 0. The molecule has 242 valence electrons. The molecule has 4 aliphatic rings. The Morgan fingerprint density at radius 1 is 0.875 bits per heavy atom. The van der Waals surface area contributed by atoms with E-state index in [1.165, 1.54) is 6.42 Å². The van der Waals surface area contributed by atoms with Crippen LogP contribution in [0.2, 0.25) is 0 Å². The Morgan fingerprint density at radius 2 is 1.60 bits per heavy atom. The van der Waals surface area contributed by atoms with Gasteiger partial charge < -0.3 is 14.2 Å². The fraction of sp³-hybridized carbons (Fsp3) is 0.293. The number of rotatable bonds is 9. The molecule has 4 aromatic carbocycles. The van der Waals surface area contributed by atoms with Gasteiger partial charge in [-0.2, -0.15) is 0 Å². The van der Waals surface area contributed by atoms with Crippen molar-refractivity contribution in [3.8, 4) is 17.2 Å². The lowest BCUT2D eigenvalue weighted by molar-refractivity contribution is -0.0484. The van der Waals surface area contributed by atoms with Gasteiger partial charge in [0.1, 0.15) is 30.0 Å². The summed E-state index contributed by atoms with van der Waals surface area (Å²) in [6.07, 6.45) is 4.73. The van der Waals surface area contributed by atoms with Crippen LogP contribution in [0.15, 0.2) is 97.2 Å². The van der Waals surface area contributed by atoms with Crippen molar-refractivity contribution in [2.45, 2.75) is 44.9 Å². The van der Waals surface area contributed by atoms with Gasteiger partial charge in [0.15, 0.2) is 11.6 Å². The minimum Gasteiger partial charge on any atom is -0.497 e. The summed E-state index contributed by atoms with van der Waals surface area (Å²) in [5.74, 6) is 2.29. The lowest BCUT2D eigenvalue weighted by Crippen LogP contribution is -2.56. The second-order valence-electron chi connectivity index (χ2n) is 13.1. The van der Waals surface area contributed by atoms with Crippen LogP contribution in [-0.4, -0.2) is 47.7 Å². The van der Waals surface area contributed by atoms with Crippen LogP contribution in [0.5, 0.6) is 17.2 Å². The van der Waals surface area contributed by atoms with E-state index in [2.05, 4.69) is 16.8 Å². The first kappa shape index (κ1) is 30.3. The summed E-state index contributed by atoms with van der Waals surface area (Å²) in [7, 11) is 1.66. The molecule has 0 N–H and O–H groups in total. The van der Waals surface area contributed by atoms with Crippen LogP contribution in [0.4, 0.5) is 0 Å². The van der Waals surface area contributed by atoms with Crippen molar-refractivity contribution in [1.29, 1.82) is 0 Å². The Morgan fingerprint density at radius 3 is 2.31 bits per heavy atom. The molecule has 0 amide bonds. The van der Waals surface area contributed by atoms with Crippen LogP contribution in [0, 0.1) is 11.8 Å². The van der Waals surface area contributed by atoms with E-state index in [4.69, 9.17) is 14.2 Å². The van der Waals surface area contributed by atoms with E-state index >= 15 is 0 Å². The van der Waals surface area contributed by atoms with Gasteiger partial charge in [-0.1, -0.05) is 67.9 Å². The third-order valence-electron chi connectivity index (χ3n) is 10.6. The zero-order chi connectivity index (χ0) is 32.8. The second-order valence-corrected chi connectivity index (χ2v) is 13.1. The molecule has 0 spiro atoms. The number of ketones is 2. The van der Waals surface area contributed by atoms with E-state index in [9.17, 15) is 9.59 Å². The van der Waals surface area contributed by atoms with Gasteiger partial charge in [-0.05, 0) is 73.2 Å². The smallest absolute Gasteiger partial charge is 0.198 e. The Hall–Kier alpha value is -5.01. The van der Waals surface area contributed by atoms with Crippen LogP contribution in [0.3, 0.4) is 0 Å².